The lowest BCUT2D eigenvalue weighted by Crippen LogP contribution is -2.45. The van der Waals surface area contributed by atoms with Crippen LogP contribution in [-0.2, 0) is 0 Å². The van der Waals surface area contributed by atoms with E-state index in [1.54, 1.807) is 0 Å². The van der Waals surface area contributed by atoms with Crippen molar-refractivity contribution >= 4 is 0 Å². The maximum Gasteiger partial charge on any atom is 0.0641 e. The molecule has 0 aliphatic heterocycles. The highest BCUT2D eigenvalue weighted by Gasteiger charge is 2.38. The van der Waals surface area contributed by atoms with Gasteiger partial charge in [0.2, 0.25) is 0 Å². The molecule has 0 radical (unpaired) electrons. The van der Waals surface area contributed by atoms with Crippen molar-refractivity contribution in [3.8, 4) is 6.07 Å². The lowest BCUT2D eigenvalue weighted by molar-refractivity contribution is 0.0803. The molecule has 1 saturated carbocycles. The van der Waals surface area contributed by atoms with Crippen molar-refractivity contribution in [1.29, 1.82) is 5.26 Å². The van der Waals surface area contributed by atoms with Gasteiger partial charge in [-0.15, -0.1) is 0 Å². The third-order valence-corrected chi connectivity index (χ3v) is 4.49. The van der Waals surface area contributed by atoms with Crippen molar-refractivity contribution in [2.24, 2.45) is 10.8 Å². The monoisotopic (exact) mass is 284 g/mol. The molecule has 0 saturated heterocycles. The van der Waals surface area contributed by atoms with Gasteiger partial charge in [-0.25, -0.2) is 0 Å². The quantitative estimate of drug-likeness (QED) is 0.859. The molecule has 1 atom stereocenters. The van der Waals surface area contributed by atoms with E-state index in [0.29, 0.717) is 23.3 Å². The second-order valence-electron chi connectivity index (χ2n) is 8.10. The van der Waals surface area contributed by atoms with E-state index in [1.165, 1.54) is 24.8 Å². The van der Waals surface area contributed by atoms with Gasteiger partial charge in [0.05, 0.1) is 12.5 Å². The molecular formula is C19H28N2. The van der Waals surface area contributed by atoms with Crippen molar-refractivity contribution in [2.45, 2.75) is 65.5 Å². The van der Waals surface area contributed by atoms with E-state index >= 15 is 0 Å². The van der Waals surface area contributed by atoms with Gasteiger partial charge in [-0.2, -0.15) is 5.26 Å². The van der Waals surface area contributed by atoms with Crippen LogP contribution < -0.4 is 5.32 Å². The van der Waals surface area contributed by atoms with Crippen molar-refractivity contribution in [3.05, 3.63) is 35.9 Å². The molecule has 2 nitrogen and oxygen atoms in total. The first-order valence-electron chi connectivity index (χ1n) is 7.99. The Hall–Kier alpha value is -1.33. The van der Waals surface area contributed by atoms with Gasteiger partial charge in [-0.1, -0.05) is 58.0 Å². The Kier molecular flexibility index (Phi) is 4.74. The maximum absolute atomic E-state index is 9.14. The van der Waals surface area contributed by atoms with Crippen LogP contribution in [0.4, 0.5) is 0 Å². The van der Waals surface area contributed by atoms with Crippen molar-refractivity contribution in [1.82, 2.24) is 5.32 Å². The highest BCUT2D eigenvalue weighted by molar-refractivity contribution is 5.20. The molecule has 2 heteroatoms. The molecule has 1 unspecified atom stereocenters. The molecule has 21 heavy (non-hydrogen) atoms. The minimum atomic E-state index is 0.144. The summed E-state index contributed by atoms with van der Waals surface area (Å²) in [7, 11) is 0. The van der Waals surface area contributed by atoms with E-state index in [1.807, 2.05) is 6.07 Å². The zero-order chi connectivity index (χ0) is 15.5. The number of hydrogen-bond acceptors (Lipinski definition) is 2. The Morgan fingerprint density at radius 3 is 2.24 bits per heavy atom. The van der Waals surface area contributed by atoms with E-state index in [0.717, 1.165) is 0 Å². The second-order valence-corrected chi connectivity index (χ2v) is 8.10. The fraction of sp³-hybridized carbons (Fsp3) is 0.632. The lowest BCUT2D eigenvalue weighted by atomic mass is 9.63. The molecule has 1 N–H and O–H groups in total. The third kappa shape index (κ3) is 4.58. The summed E-state index contributed by atoms with van der Waals surface area (Å²) in [5.74, 6) is 0. The number of benzene rings is 1. The summed E-state index contributed by atoms with van der Waals surface area (Å²) in [4.78, 5) is 0. The van der Waals surface area contributed by atoms with Crippen LogP contribution in [0.15, 0.2) is 30.3 Å². The Morgan fingerprint density at radius 2 is 1.71 bits per heavy atom. The predicted octanol–water partition coefficient (Wildman–Crippen LogP) is 4.84. The molecule has 1 fully saturated rings. The standard InChI is InChI=1S/C19H28N2/c1-18(2)12-16(13-19(3,4)14-18)21-17(10-11-20)15-8-6-5-7-9-15/h5-9,16-17,21H,10,12-14H2,1-4H3. The summed E-state index contributed by atoms with van der Waals surface area (Å²) in [6.45, 7) is 9.46. The first-order valence-corrected chi connectivity index (χ1v) is 7.99. The molecule has 2 rings (SSSR count). The lowest BCUT2D eigenvalue weighted by Gasteiger charge is -2.46. The van der Waals surface area contributed by atoms with E-state index < -0.39 is 0 Å². The first-order chi connectivity index (χ1) is 9.81. The molecule has 0 heterocycles. The Balaban J connectivity index is 2.12. The highest BCUT2D eigenvalue weighted by Crippen LogP contribution is 2.46. The van der Waals surface area contributed by atoms with Gasteiger partial charge < -0.3 is 5.32 Å². The largest absolute Gasteiger partial charge is 0.306 e. The van der Waals surface area contributed by atoms with Crippen LogP contribution >= 0.6 is 0 Å². The first kappa shape index (κ1) is 16.0. The van der Waals surface area contributed by atoms with Gasteiger partial charge in [0, 0.05) is 12.1 Å². The van der Waals surface area contributed by atoms with Crippen LogP contribution in [0.1, 0.15) is 65.0 Å². The fourth-order valence-corrected chi connectivity index (χ4v) is 4.30. The maximum atomic E-state index is 9.14. The summed E-state index contributed by atoms with van der Waals surface area (Å²) in [5.41, 5.74) is 1.96. The molecule has 1 aromatic rings. The van der Waals surface area contributed by atoms with Gasteiger partial charge >= 0.3 is 0 Å². The Bertz CT molecular complexity index is 480. The number of nitrogens with zero attached hydrogens (tertiary/aromatic N) is 1. The summed E-state index contributed by atoms with van der Waals surface area (Å²) in [6.07, 6.45) is 4.17. The molecule has 114 valence electrons. The number of nitrogens with one attached hydrogen (secondary N) is 1. The van der Waals surface area contributed by atoms with Gasteiger partial charge in [-0.05, 0) is 35.7 Å². The van der Waals surface area contributed by atoms with Crippen molar-refractivity contribution in [2.75, 3.05) is 0 Å². The Labute approximate surface area is 129 Å². The van der Waals surface area contributed by atoms with Crippen LogP contribution in [0.5, 0.6) is 0 Å². The summed E-state index contributed by atoms with van der Waals surface area (Å²) < 4.78 is 0. The molecular weight excluding hydrogens is 256 g/mol. The number of rotatable bonds is 4. The molecule has 1 aliphatic rings. The van der Waals surface area contributed by atoms with E-state index in [2.05, 4.69) is 63.3 Å². The number of hydrogen-bond donors (Lipinski definition) is 1. The van der Waals surface area contributed by atoms with Crippen LogP contribution in [0.2, 0.25) is 0 Å². The summed E-state index contributed by atoms with van der Waals surface area (Å²) in [6, 6.07) is 13.3. The molecule has 0 amide bonds. The minimum Gasteiger partial charge on any atom is -0.306 e. The van der Waals surface area contributed by atoms with Gasteiger partial charge in [-0.3, -0.25) is 0 Å². The minimum absolute atomic E-state index is 0.144. The second kappa shape index (κ2) is 6.20. The van der Waals surface area contributed by atoms with Crippen molar-refractivity contribution < 1.29 is 0 Å². The molecule has 0 spiro atoms. The van der Waals surface area contributed by atoms with E-state index in [4.69, 9.17) is 5.26 Å². The predicted molar refractivity (Wildman–Crippen MR) is 87.7 cm³/mol. The van der Waals surface area contributed by atoms with E-state index in [9.17, 15) is 0 Å². The van der Waals surface area contributed by atoms with Crippen LogP contribution in [-0.4, -0.2) is 6.04 Å². The number of nitriles is 1. The van der Waals surface area contributed by atoms with Gasteiger partial charge in [0.25, 0.3) is 0 Å². The zero-order valence-electron chi connectivity index (χ0n) is 13.8. The summed E-state index contributed by atoms with van der Waals surface area (Å²) >= 11 is 0. The van der Waals surface area contributed by atoms with Crippen LogP contribution in [0, 0.1) is 22.2 Å². The van der Waals surface area contributed by atoms with Gasteiger partial charge in [0.1, 0.15) is 0 Å². The molecule has 1 aromatic carbocycles. The third-order valence-electron chi connectivity index (χ3n) is 4.49. The molecule has 0 aromatic heterocycles. The van der Waals surface area contributed by atoms with E-state index in [-0.39, 0.29) is 6.04 Å². The average molecular weight is 284 g/mol. The van der Waals surface area contributed by atoms with Crippen LogP contribution in [0.25, 0.3) is 0 Å². The van der Waals surface area contributed by atoms with Gasteiger partial charge in [0.15, 0.2) is 0 Å². The fourth-order valence-electron chi connectivity index (χ4n) is 4.30. The highest BCUT2D eigenvalue weighted by atomic mass is 15.0. The average Bonchev–Trinajstić information content (AvgIpc) is 2.35. The topological polar surface area (TPSA) is 35.8 Å². The normalized spacial score (nSPS) is 22.4. The van der Waals surface area contributed by atoms with Crippen molar-refractivity contribution in [3.63, 3.8) is 0 Å². The summed E-state index contributed by atoms with van der Waals surface area (Å²) in [5, 5.41) is 12.9. The smallest absolute Gasteiger partial charge is 0.0641 e. The Morgan fingerprint density at radius 1 is 1.14 bits per heavy atom. The SMILES string of the molecule is CC1(C)CC(NC(CC#N)c2ccccc2)CC(C)(C)C1. The zero-order valence-corrected chi connectivity index (χ0v) is 13.8. The van der Waals surface area contributed by atoms with Crippen LogP contribution in [0.3, 0.4) is 0 Å². The molecule has 0 bridgehead atoms. The molecule has 1 aliphatic carbocycles.